The Morgan fingerprint density at radius 3 is 2.69 bits per heavy atom. The molecule has 9 heteroatoms. The van der Waals surface area contributed by atoms with Gasteiger partial charge in [-0.15, -0.1) is 0 Å². The first-order valence-corrected chi connectivity index (χ1v) is 8.10. The number of hydrazone groups is 1. The van der Waals surface area contributed by atoms with E-state index in [2.05, 4.69) is 15.8 Å². The maximum absolute atomic E-state index is 11.3. The van der Waals surface area contributed by atoms with Crippen molar-refractivity contribution in [3.63, 3.8) is 0 Å². The summed E-state index contributed by atoms with van der Waals surface area (Å²) in [5.41, 5.74) is 3.74. The molecule has 8 nitrogen and oxygen atoms in total. The molecular weight excluding hydrogens is 356 g/mol. The number of benzene rings is 2. The summed E-state index contributed by atoms with van der Waals surface area (Å²) in [6.07, 6.45) is 1.41. The van der Waals surface area contributed by atoms with Gasteiger partial charge in [0.25, 0.3) is 0 Å². The van der Waals surface area contributed by atoms with Gasteiger partial charge in [-0.3, -0.25) is 15.5 Å². The number of anilines is 1. The molecule has 0 atom stereocenters. The average molecular weight is 374 g/mol. The first-order valence-electron chi connectivity index (χ1n) is 7.69. The zero-order valence-electron chi connectivity index (χ0n) is 14.3. The smallest absolute Gasteiger partial charge is 0.315 e. The van der Waals surface area contributed by atoms with Gasteiger partial charge in [-0.1, -0.05) is 18.2 Å². The van der Waals surface area contributed by atoms with Crippen LogP contribution in [0.5, 0.6) is 11.5 Å². The topological polar surface area (TPSA) is 98.0 Å². The molecule has 0 aliphatic carbocycles. The van der Waals surface area contributed by atoms with E-state index >= 15 is 0 Å². The molecule has 0 saturated carbocycles. The van der Waals surface area contributed by atoms with E-state index in [0.717, 1.165) is 5.69 Å². The number of nitrogens with one attached hydrogen (secondary N) is 2. The first kappa shape index (κ1) is 19.1. The Balaban J connectivity index is 2.13. The molecule has 2 rings (SSSR count). The summed E-state index contributed by atoms with van der Waals surface area (Å²) in [7, 11) is 1.36. The molecule has 2 N–H and O–H groups in total. The highest BCUT2D eigenvalue weighted by molar-refractivity contribution is 7.80. The van der Waals surface area contributed by atoms with Crippen molar-refractivity contribution in [2.75, 3.05) is 19.0 Å². The Hall–Kier alpha value is -3.20. The van der Waals surface area contributed by atoms with Crippen molar-refractivity contribution < 1.29 is 14.4 Å². The zero-order valence-corrected chi connectivity index (χ0v) is 15.1. The van der Waals surface area contributed by atoms with Gasteiger partial charge in [0.15, 0.2) is 10.9 Å². The highest BCUT2D eigenvalue weighted by Gasteiger charge is 2.21. The Morgan fingerprint density at radius 1 is 1.35 bits per heavy atom. The summed E-state index contributed by atoms with van der Waals surface area (Å²) < 4.78 is 10.5. The summed E-state index contributed by atoms with van der Waals surface area (Å²) in [4.78, 5) is 10.7. The van der Waals surface area contributed by atoms with Crippen molar-refractivity contribution in [1.29, 1.82) is 0 Å². The van der Waals surface area contributed by atoms with Gasteiger partial charge in [0.2, 0.25) is 5.75 Å². The predicted octanol–water partition coefficient (Wildman–Crippen LogP) is 3.32. The highest BCUT2D eigenvalue weighted by atomic mass is 32.1. The fourth-order valence-electron chi connectivity index (χ4n) is 2.13. The summed E-state index contributed by atoms with van der Waals surface area (Å²) in [6.45, 7) is 2.12. The Morgan fingerprint density at radius 2 is 2.08 bits per heavy atom. The number of ether oxygens (including phenoxy) is 2. The van der Waals surface area contributed by atoms with E-state index in [0.29, 0.717) is 17.3 Å². The molecule has 0 spiro atoms. The second-order valence-electron chi connectivity index (χ2n) is 4.95. The van der Waals surface area contributed by atoms with Crippen LogP contribution in [0.2, 0.25) is 0 Å². The lowest BCUT2D eigenvalue weighted by atomic mass is 10.2. The third-order valence-corrected chi connectivity index (χ3v) is 3.36. The van der Waals surface area contributed by atoms with Crippen molar-refractivity contribution in [3.05, 3.63) is 58.1 Å². The summed E-state index contributed by atoms with van der Waals surface area (Å²) in [5.74, 6) is 0.346. The van der Waals surface area contributed by atoms with Crippen LogP contribution < -0.4 is 20.2 Å². The molecule has 0 aromatic heterocycles. The molecule has 0 saturated heterocycles. The van der Waals surface area contributed by atoms with Crippen LogP contribution >= 0.6 is 12.2 Å². The molecule has 26 heavy (non-hydrogen) atoms. The Labute approximate surface area is 156 Å². The van der Waals surface area contributed by atoms with E-state index < -0.39 is 4.92 Å². The zero-order chi connectivity index (χ0) is 18.9. The Kier molecular flexibility index (Phi) is 6.86. The van der Waals surface area contributed by atoms with Gasteiger partial charge < -0.3 is 14.8 Å². The van der Waals surface area contributed by atoms with E-state index in [9.17, 15) is 10.1 Å². The van der Waals surface area contributed by atoms with Gasteiger partial charge in [-0.25, -0.2) is 0 Å². The van der Waals surface area contributed by atoms with Crippen LogP contribution in [0.3, 0.4) is 0 Å². The molecular formula is C17H18N4O4S. The van der Waals surface area contributed by atoms with Crippen LogP contribution in [0.15, 0.2) is 47.6 Å². The quantitative estimate of drug-likeness (QED) is 0.332. The van der Waals surface area contributed by atoms with Gasteiger partial charge in [0, 0.05) is 17.3 Å². The number of nitrogens with zero attached hydrogens (tertiary/aromatic N) is 2. The minimum absolute atomic E-state index is 0.0724. The number of rotatable bonds is 7. The summed E-state index contributed by atoms with van der Waals surface area (Å²) in [6, 6.07) is 12.3. The van der Waals surface area contributed by atoms with Crippen molar-refractivity contribution in [2.45, 2.75) is 6.92 Å². The van der Waals surface area contributed by atoms with E-state index in [4.69, 9.17) is 21.7 Å². The van der Waals surface area contributed by atoms with Crippen molar-refractivity contribution in [2.24, 2.45) is 5.10 Å². The van der Waals surface area contributed by atoms with E-state index in [1.165, 1.54) is 19.4 Å². The second-order valence-corrected chi connectivity index (χ2v) is 5.36. The third kappa shape index (κ3) is 5.15. The van der Waals surface area contributed by atoms with Gasteiger partial charge in [0.05, 0.1) is 24.9 Å². The van der Waals surface area contributed by atoms with Gasteiger partial charge in [-0.05, 0) is 37.3 Å². The molecule has 136 valence electrons. The number of thiocarbonyl (C=S) groups is 1. The monoisotopic (exact) mass is 374 g/mol. The van der Waals surface area contributed by atoms with Crippen LogP contribution in [0.1, 0.15) is 12.5 Å². The first-order chi connectivity index (χ1) is 12.5. The molecule has 2 aromatic carbocycles. The number of hydrogen-bond donors (Lipinski definition) is 2. The molecule has 0 fully saturated rings. The van der Waals surface area contributed by atoms with Crippen molar-refractivity contribution in [3.8, 4) is 11.5 Å². The maximum atomic E-state index is 11.3. The molecule has 0 bridgehead atoms. The third-order valence-electron chi connectivity index (χ3n) is 3.17. The fraction of sp³-hybridized carbons (Fsp3) is 0.176. The number of hydrogen-bond acceptors (Lipinski definition) is 6. The number of nitro groups is 1. The van der Waals surface area contributed by atoms with E-state index in [1.54, 1.807) is 13.0 Å². The second kappa shape index (κ2) is 9.33. The van der Waals surface area contributed by atoms with Crippen LogP contribution in [0.4, 0.5) is 11.4 Å². The average Bonchev–Trinajstić information content (AvgIpc) is 2.62. The minimum atomic E-state index is -0.534. The standard InChI is InChI=1S/C17H18N4O4S/c1-3-25-15-10-12(9-14(21(22)23)16(15)24-2)11-18-20-17(26)19-13-7-5-4-6-8-13/h4-11H,3H2,1-2H3,(H2,19,20,26)/b18-11+. The molecule has 2 aromatic rings. The Bertz CT molecular complexity index is 812. The summed E-state index contributed by atoms with van der Waals surface area (Å²) >= 11 is 5.14. The fourth-order valence-corrected chi connectivity index (χ4v) is 2.30. The lowest BCUT2D eigenvalue weighted by Gasteiger charge is -2.10. The van der Waals surface area contributed by atoms with Crippen LogP contribution in [-0.2, 0) is 0 Å². The van der Waals surface area contributed by atoms with Gasteiger partial charge in [0.1, 0.15) is 0 Å². The number of methoxy groups -OCH3 is 1. The SMILES string of the molecule is CCOc1cc(/C=N/NC(=S)Nc2ccccc2)cc([N+](=O)[O-])c1OC. The molecule has 0 unspecified atom stereocenters. The number of nitro benzene ring substituents is 1. The maximum Gasteiger partial charge on any atom is 0.315 e. The number of para-hydroxylation sites is 1. The predicted molar refractivity (Wildman–Crippen MR) is 104 cm³/mol. The normalized spacial score (nSPS) is 10.4. The molecule has 0 heterocycles. The largest absolute Gasteiger partial charge is 0.490 e. The van der Waals surface area contributed by atoms with Crippen molar-refractivity contribution >= 4 is 34.9 Å². The molecule has 0 amide bonds. The molecule has 0 aliphatic rings. The van der Waals surface area contributed by atoms with E-state index in [-0.39, 0.29) is 17.2 Å². The molecule has 0 aliphatic heterocycles. The van der Waals surface area contributed by atoms with E-state index in [1.807, 2.05) is 30.3 Å². The van der Waals surface area contributed by atoms with Gasteiger partial charge in [-0.2, -0.15) is 5.10 Å². The minimum Gasteiger partial charge on any atom is -0.490 e. The highest BCUT2D eigenvalue weighted by Crippen LogP contribution is 2.37. The van der Waals surface area contributed by atoms with Crippen LogP contribution in [-0.4, -0.2) is 30.0 Å². The van der Waals surface area contributed by atoms with Crippen molar-refractivity contribution in [1.82, 2.24) is 5.43 Å². The lowest BCUT2D eigenvalue weighted by molar-refractivity contribution is -0.385. The molecule has 0 radical (unpaired) electrons. The lowest BCUT2D eigenvalue weighted by Crippen LogP contribution is -2.23. The van der Waals surface area contributed by atoms with Crippen LogP contribution in [0.25, 0.3) is 0 Å². The summed E-state index contributed by atoms with van der Waals surface area (Å²) in [5, 5.41) is 18.5. The van der Waals surface area contributed by atoms with Gasteiger partial charge >= 0.3 is 5.69 Å². The van der Waals surface area contributed by atoms with Crippen LogP contribution in [0, 0.1) is 10.1 Å².